The van der Waals surface area contributed by atoms with Crippen molar-refractivity contribution in [1.29, 1.82) is 0 Å². The van der Waals surface area contributed by atoms with Gasteiger partial charge in [0.1, 0.15) is 0 Å². The molecule has 1 N–H and O–H groups in total. The summed E-state index contributed by atoms with van der Waals surface area (Å²) in [6.07, 6.45) is 0. The van der Waals surface area contributed by atoms with Gasteiger partial charge >= 0.3 is 0 Å². The minimum absolute atomic E-state index is 0.123. The fourth-order valence-electron chi connectivity index (χ4n) is 13.4. The third-order valence-corrected chi connectivity index (χ3v) is 17.0. The molecule has 16 rings (SSSR count). The van der Waals surface area contributed by atoms with Crippen molar-refractivity contribution in [1.82, 2.24) is 14.1 Å². The monoisotopic (exact) mass is 993 g/mol. The average molecular weight is 994 g/mol. The second-order valence-corrected chi connectivity index (χ2v) is 21.7. The predicted molar refractivity (Wildman–Crippen MR) is 329 cm³/mol. The van der Waals surface area contributed by atoms with Crippen molar-refractivity contribution in [2.75, 3.05) is 0 Å². The Morgan fingerprint density at radius 1 is 0.295 bits per heavy atom. The number of H-pyrrole nitrogens is 1. The molecule has 0 saturated heterocycles. The van der Waals surface area contributed by atoms with Gasteiger partial charge in [-0.1, -0.05) is 208 Å². The average Bonchev–Trinajstić information content (AvgIpc) is 3.94. The topological polar surface area (TPSA) is 25.6 Å². The Bertz CT molecular complexity index is 4930. The number of nitrogens with one attached hydrogen (secondary N) is 1. The molecule has 0 saturated carbocycles. The Hall–Kier alpha value is -9.96. The van der Waals surface area contributed by atoms with Crippen molar-refractivity contribution >= 4 is 65.4 Å². The number of benzene rings is 12. The number of hydrogen-bond acceptors (Lipinski definition) is 0. The van der Waals surface area contributed by atoms with E-state index in [0.29, 0.717) is 0 Å². The number of para-hydroxylation sites is 4. The molecule has 15 aromatic rings. The molecule has 3 aromatic heterocycles. The number of aromatic amines is 1. The van der Waals surface area contributed by atoms with E-state index in [-0.39, 0.29) is 5.41 Å². The lowest BCUT2D eigenvalue weighted by molar-refractivity contribution is 0.630. The number of fused-ring (bicyclic) bond motifs is 11. The van der Waals surface area contributed by atoms with Crippen LogP contribution >= 0.6 is 0 Å². The third-order valence-electron chi connectivity index (χ3n) is 17.0. The summed E-state index contributed by atoms with van der Waals surface area (Å²) in [6, 6.07) is 99.2. The van der Waals surface area contributed by atoms with Gasteiger partial charge in [0.05, 0.1) is 27.8 Å². The highest BCUT2D eigenvalue weighted by Crippen LogP contribution is 2.50. The standard InChI is InChI=1S/C75H51N3/c1-75(2)65-33-13-16-37-71(65)78-70-39-38-51(42-62(70)59-32-19-34-66(75)74(59)78)49-24-17-26-52(40-49)73-60(48-22-7-4-8-23-48)43-53(44-64(73)56-29-10-9-28-55(56)47-20-5-3-6-21-47)50-25-18-27-54(41-50)77-69-36-15-12-31-58(69)63-45-61-57-30-11-14-35-67(57)76-68(61)46-72(63)77/h3-46,76H,1-2H3. The van der Waals surface area contributed by atoms with Crippen molar-refractivity contribution in [2.24, 2.45) is 0 Å². The highest BCUT2D eigenvalue weighted by Gasteiger charge is 2.35. The molecule has 0 unspecified atom stereocenters. The van der Waals surface area contributed by atoms with E-state index in [1.807, 2.05) is 0 Å². The zero-order valence-corrected chi connectivity index (χ0v) is 43.3. The van der Waals surface area contributed by atoms with Crippen LogP contribution in [-0.4, -0.2) is 14.1 Å². The number of hydrogen-bond donors (Lipinski definition) is 1. The van der Waals surface area contributed by atoms with E-state index in [9.17, 15) is 0 Å². The summed E-state index contributed by atoms with van der Waals surface area (Å²) in [6.45, 7) is 4.74. The van der Waals surface area contributed by atoms with Crippen LogP contribution < -0.4 is 0 Å². The van der Waals surface area contributed by atoms with Gasteiger partial charge in [-0.15, -0.1) is 0 Å². The molecule has 3 heteroatoms. The molecule has 4 heterocycles. The van der Waals surface area contributed by atoms with Crippen molar-refractivity contribution in [3.05, 3.63) is 278 Å². The highest BCUT2D eigenvalue weighted by molar-refractivity contribution is 6.18. The van der Waals surface area contributed by atoms with E-state index in [1.54, 1.807) is 0 Å². The number of rotatable bonds is 7. The van der Waals surface area contributed by atoms with Crippen LogP contribution in [0.4, 0.5) is 0 Å². The Morgan fingerprint density at radius 2 is 0.885 bits per heavy atom. The van der Waals surface area contributed by atoms with Crippen LogP contribution in [-0.2, 0) is 5.41 Å². The molecular weight excluding hydrogens is 943 g/mol. The van der Waals surface area contributed by atoms with Gasteiger partial charge in [-0.05, 0) is 151 Å². The molecule has 0 radical (unpaired) electrons. The Kier molecular flexibility index (Phi) is 9.68. The summed E-state index contributed by atoms with van der Waals surface area (Å²) in [5.74, 6) is 0. The molecule has 0 bridgehead atoms. The Morgan fingerprint density at radius 3 is 1.73 bits per heavy atom. The first-order valence-electron chi connectivity index (χ1n) is 27.2. The number of nitrogens with zero attached hydrogens (tertiary/aromatic N) is 2. The first-order chi connectivity index (χ1) is 38.4. The van der Waals surface area contributed by atoms with E-state index in [0.717, 1.165) is 39.0 Å². The predicted octanol–water partition coefficient (Wildman–Crippen LogP) is 20.2. The molecule has 1 aliphatic rings. The highest BCUT2D eigenvalue weighted by atomic mass is 15.0. The lowest BCUT2D eigenvalue weighted by atomic mass is 9.75. The van der Waals surface area contributed by atoms with E-state index in [2.05, 4.69) is 295 Å². The van der Waals surface area contributed by atoms with Crippen LogP contribution in [0.3, 0.4) is 0 Å². The minimum atomic E-state index is -0.123. The van der Waals surface area contributed by atoms with Crippen molar-refractivity contribution in [3.8, 4) is 78.1 Å². The van der Waals surface area contributed by atoms with E-state index >= 15 is 0 Å². The van der Waals surface area contributed by atoms with Crippen LogP contribution in [0.5, 0.6) is 0 Å². The molecule has 0 spiro atoms. The van der Waals surface area contributed by atoms with Crippen molar-refractivity contribution in [3.63, 3.8) is 0 Å². The lowest BCUT2D eigenvalue weighted by Crippen LogP contribution is -2.26. The molecule has 0 aliphatic carbocycles. The molecule has 1 aliphatic heterocycles. The minimum Gasteiger partial charge on any atom is -0.354 e. The zero-order valence-electron chi connectivity index (χ0n) is 43.3. The smallest absolute Gasteiger partial charge is 0.0582 e. The second-order valence-electron chi connectivity index (χ2n) is 21.7. The largest absolute Gasteiger partial charge is 0.354 e. The summed E-state index contributed by atoms with van der Waals surface area (Å²) in [7, 11) is 0. The molecule has 366 valence electrons. The van der Waals surface area contributed by atoms with E-state index < -0.39 is 0 Å². The molecular formula is C75H51N3. The van der Waals surface area contributed by atoms with Crippen LogP contribution in [0.15, 0.2) is 267 Å². The quantitative estimate of drug-likeness (QED) is 0.165. The maximum absolute atomic E-state index is 3.73. The van der Waals surface area contributed by atoms with Gasteiger partial charge < -0.3 is 14.1 Å². The fourth-order valence-corrected chi connectivity index (χ4v) is 13.4. The normalized spacial score (nSPS) is 12.8. The summed E-state index contributed by atoms with van der Waals surface area (Å²) in [4.78, 5) is 3.73. The summed E-state index contributed by atoms with van der Waals surface area (Å²) >= 11 is 0. The Balaban J connectivity index is 0.912. The second kappa shape index (κ2) is 17.0. The maximum Gasteiger partial charge on any atom is 0.0582 e. The van der Waals surface area contributed by atoms with Crippen LogP contribution in [0, 0.1) is 0 Å². The molecule has 12 aromatic carbocycles. The van der Waals surface area contributed by atoms with Gasteiger partial charge in [-0.2, -0.15) is 0 Å². The van der Waals surface area contributed by atoms with Gasteiger partial charge in [0.2, 0.25) is 0 Å². The number of aromatic nitrogens is 3. The molecule has 0 fully saturated rings. The van der Waals surface area contributed by atoms with Gasteiger partial charge in [0, 0.05) is 54.5 Å². The van der Waals surface area contributed by atoms with Crippen LogP contribution in [0.25, 0.3) is 144 Å². The summed E-state index contributed by atoms with van der Waals surface area (Å²) in [5, 5.41) is 7.52. The summed E-state index contributed by atoms with van der Waals surface area (Å²) < 4.78 is 4.95. The van der Waals surface area contributed by atoms with Crippen molar-refractivity contribution < 1.29 is 0 Å². The van der Waals surface area contributed by atoms with Gasteiger partial charge in [-0.3, -0.25) is 0 Å². The van der Waals surface area contributed by atoms with E-state index in [1.165, 1.54) is 116 Å². The fraction of sp³-hybridized carbons (Fsp3) is 0.0400. The van der Waals surface area contributed by atoms with Crippen molar-refractivity contribution in [2.45, 2.75) is 19.3 Å². The zero-order chi connectivity index (χ0) is 51.6. The van der Waals surface area contributed by atoms with Gasteiger partial charge in [0.15, 0.2) is 0 Å². The maximum atomic E-state index is 3.73. The Labute approximate surface area is 452 Å². The SMILES string of the molecule is CC1(C)c2ccccc2-n2c3ccc(-c4cccc(-c5c(-c6ccccc6)cc(-c6cccc(-n7c8ccccc8c8cc9c(cc87)[nH]c7ccccc79)c6)cc5-c5ccccc5-c5ccccc5)c4)cc3c3cccc1c32. The molecule has 78 heavy (non-hydrogen) atoms. The van der Waals surface area contributed by atoms with Gasteiger partial charge in [0.25, 0.3) is 0 Å². The molecule has 0 amide bonds. The molecule has 3 nitrogen and oxygen atoms in total. The first kappa shape index (κ1) is 44.3. The first-order valence-corrected chi connectivity index (χ1v) is 27.2. The lowest BCUT2D eigenvalue weighted by Gasteiger charge is -2.34. The summed E-state index contributed by atoms with van der Waals surface area (Å²) in [5.41, 5.74) is 26.3. The third kappa shape index (κ3) is 6.64. The molecule has 0 atom stereocenters. The van der Waals surface area contributed by atoms with E-state index in [4.69, 9.17) is 0 Å². The van der Waals surface area contributed by atoms with Crippen LogP contribution in [0.1, 0.15) is 25.0 Å². The van der Waals surface area contributed by atoms with Gasteiger partial charge in [-0.25, -0.2) is 0 Å². The van der Waals surface area contributed by atoms with Crippen LogP contribution in [0.2, 0.25) is 0 Å².